The van der Waals surface area contributed by atoms with Crippen molar-refractivity contribution in [1.82, 2.24) is 5.32 Å². The Morgan fingerprint density at radius 3 is 2.65 bits per heavy atom. The summed E-state index contributed by atoms with van der Waals surface area (Å²) < 4.78 is 33.7. The zero-order chi connectivity index (χ0) is 15.1. The number of alkyl halides is 2. The summed E-state index contributed by atoms with van der Waals surface area (Å²) in [6.07, 6.45) is 0.443. The van der Waals surface area contributed by atoms with Gasteiger partial charge < -0.3 is 14.8 Å². The zero-order valence-electron chi connectivity index (χ0n) is 11.0. The van der Waals surface area contributed by atoms with Crippen LogP contribution in [-0.4, -0.2) is 25.7 Å². The summed E-state index contributed by atoms with van der Waals surface area (Å²) in [4.78, 5) is 11.9. The standard InChI is InChI=1S/C13H14F2N2O3/c1-3-9(7-16)17-12(18)8-4-5-10(19-2)11(6-8)20-13(14)15/h4-6,9,13H,3H2,1-2H3,(H,17,18)/t9-/m0/s1. The number of hydrogen-bond donors (Lipinski definition) is 1. The van der Waals surface area contributed by atoms with Gasteiger partial charge in [0, 0.05) is 5.56 Å². The predicted octanol–water partition coefficient (Wildman–Crippen LogP) is 2.33. The fourth-order valence-electron chi connectivity index (χ4n) is 1.47. The lowest BCUT2D eigenvalue weighted by atomic mass is 10.1. The highest BCUT2D eigenvalue weighted by Gasteiger charge is 2.16. The second-order valence-electron chi connectivity index (χ2n) is 3.81. The number of halogens is 2. The van der Waals surface area contributed by atoms with Gasteiger partial charge in [-0.25, -0.2) is 0 Å². The molecular weight excluding hydrogens is 270 g/mol. The molecule has 1 amide bonds. The molecule has 0 aliphatic rings. The quantitative estimate of drug-likeness (QED) is 0.870. The third-order valence-electron chi connectivity index (χ3n) is 2.51. The van der Waals surface area contributed by atoms with E-state index >= 15 is 0 Å². The van der Waals surface area contributed by atoms with Crippen LogP contribution in [-0.2, 0) is 0 Å². The molecule has 0 spiro atoms. The Bertz CT molecular complexity index is 515. The van der Waals surface area contributed by atoms with Crippen LogP contribution in [0.5, 0.6) is 11.5 Å². The van der Waals surface area contributed by atoms with Gasteiger partial charge in [-0.05, 0) is 24.6 Å². The lowest BCUT2D eigenvalue weighted by Gasteiger charge is -2.13. The summed E-state index contributed by atoms with van der Waals surface area (Å²) in [6.45, 7) is -1.28. The van der Waals surface area contributed by atoms with Crippen LogP contribution in [0, 0.1) is 11.3 Å². The summed E-state index contributed by atoms with van der Waals surface area (Å²) in [5, 5.41) is 11.2. The van der Waals surface area contributed by atoms with Crippen molar-refractivity contribution in [3.63, 3.8) is 0 Å². The monoisotopic (exact) mass is 284 g/mol. The van der Waals surface area contributed by atoms with E-state index in [0.29, 0.717) is 6.42 Å². The van der Waals surface area contributed by atoms with Crippen molar-refractivity contribution in [2.45, 2.75) is 26.0 Å². The second-order valence-corrected chi connectivity index (χ2v) is 3.81. The van der Waals surface area contributed by atoms with Gasteiger partial charge in [0.05, 0.1) is 13.2 Å². The lowest BCUT2D eigenvalue weighted by molar-refractivity contribution is -0.0512. The van der Waals surface area contributed by atoms with Gasteiger partial charge in [-0.2, -0.15) is 14.0 Å². The molecule has 108 valence electrons. The fraction of sp³-hybridized carbons (Fsp3) is 0.385. The molecule has 0 heterocycles. The largest absolute Gasteiger partial charge is 0.493 e. The average Bonchev–Trinajstić information content (AvgIpc) is 2.43. The Morgan fingerprint density at radius 2 is 2.15 bits per heavy atom. The number of carbonyl (C=O) groups is 1. The first-order chi connectivity index (χ1) is 9.51. The minimum Gasteiger partial charge on any atom is -0.493 e. The van der Waals surface area contributed by atoms with Crippen LogP contribution in [0.25, 0.3) is 0 Å². The van der Waals surface area contributed by atoms with E-state index in [9.17, 15) is 13.6 Å². The number of ether oxygens (including phenoxy) is 2. The van der Waals surface area contributed by atoms with Crippen LogP contribution in [0.4, 0.5) is 8.78 Å². The molecule has 0 aromatic heterocycles. The van der Waals surface area contributed by atoms with Crippen molar-refractivity contribution in [2.75, 3.05) is 7.11 Å². The third kappa shape index (κ3) is 4.09. The van der Waals surface area contributed by atoms with E-state index in [4.69, 9.17) is 10.00 Å². The van der Waals surface area contributed by atoms with Gasteiger partial charge in [-0.15, -0.1) is 0 Å². The number of methoxy groups -OCH3 is 1. The SMILES string of the molecule is CC[C@@H](C#N)NC(=O)c1ccc(OC)c(OC(F)F)c1. The predicted molar refractivity (Wildman–Crippen MR) is 66.8 cm³/mol. The van der Waals surface area contributed by atoms with Crippen molar-refractivity contribution in [1.29, 1.82) is 5.26 Å². The molecule has 1 N–H and O–H groups in total. The molecule has 0 unspecified atom stereocenters. The molecule has 0 aliphatic heterocycles. The maximum absolute atomic E-state index is 12.3. The van der Waals surface area contributed by atoms with Crippen LogP contribution in [0.2, 0.25) is 0 Å². The maximum Gasteiger partial charge on any atom is 0.387 e. The smallest absolute Gasteiger partial charge is 0.387 e. The summed E-state index contributed by atoms with van der Waals surface area (Å²) >= 11 is 0. The summed E-state index contributed by atoms with van der Waals surface area (Å²) in [5.74, 6) is -0.686. The molecule has 0 aliphatic carbocycles. The van der Waals surface area contributed by atoms with E-state index in [1.807, 2.05) is 6.07 Å². The Morgan fingerprint density at radius 1 is 1.45 bits per heavy atom. The molecule has 1 aromatic rings. The Kier molecular flexibility index (Phi) is 5.72. The number of hydrogen-bond acceptors (Lipinski definition) is 4. The first kappa shape index (κ1) is 15.7. The van der Waals surface area contributed by atoms with Gasteiger partial charge >= 0.3 is 6.61 Å². The third-order valence-corrected chi connectivity index (χ3v) is 2.51. The van der Waals surface area contributed by atoms with Gasteiger partial charge in [0.15, 0.2) is 11.5 Å². The highest BCUT2D eigenvalue weighted by molar-refractivity contribution is 5.95. The van der Waals surface area contributed by atoms with Gasteiger partial charge in [-0.3, -0.25) is 4.79 Å². The van der Waals surface area contributed by atoms with E-state index < -0.39 is 18.6 Å². The normalized spacial score (nSPS) is 11.6. The summed E-state index contributed by atoms with van der Waals surface area (Å²) in [7, 11) is 1.30. The molecule has 0 saturated carbocycles. The van der Waals surface area contributed by atoms with Crippen molar-refractivity contribution in [3.05, 3.63) is 23.8 Å². The minimum atomic E-state index is -3.02. The molecule has 20 heavy (non-hydrogen) atoms. The van der Waals surface area contributed by atoms with E-state index in [1.54, 1.807) is 6.92 Å². The molecule has 0 saturated heterocycles. The number of rotatable bonds is 6. The van der Waals surface area contributed by atoms with E-state index in [0.717, 1.165) is 6.07 Å². The van der Waals surface area contributed by atoms with E-state index in [-0.39, 0.29) is 17.1 Å². The summed E-state index contributed by atoms with van der Waals surface area (Å²) in [5.41, 5.74) is 0.107. The molecule has 1 rings (SSSR count). The van der Waals surface area contributed by atoms with Crippen molar-refractivity contribution < 1.29 is 23.0 Å². The first-order valence-electron chi connectivity index (χ1n) is 5.85. The highest BCUT2D eigenvalue weighted by atomic mass is 19.3. The molecular formula is C13H14F2N2O3. The van der Waals surface area contributed by atoms with E-state index in [1.165, 1.54) is 19.2 Å². The molecule has 5 nitrogen and oxygen atoms in total. The van der Waals surface area contributed by atoms with Crippen LogP contribution >= 0.6 is 0 Å². The molecule has 7 heteroatoms. The number of benzene rings is 1. The maximum atomic E-state index is 12.3. The van der Waals surface area contributed by atoms with Gasteiger partial charge in [0.1, 0.15) is 6.04 Å². The van der Waals surface area contributed by atoms with E-state index in [2.05, 4.69) is 10.1 Å². The number of carbonyl (C=O) groups excluding carboxylic acids is 1. The topological polar surface area (TPSA) is 71.4 Å². The van der Waals surface area contributed by atoms with Crippen LogP contribution in [0.1, 0.15) is 23.7 Å². The molecule has 1 atom stereocenters. The lowest BCUT2D eigenvalue weighted by Crippen LogP contribution is -2.33. The zero-order valence-corrected chi connectivity index (χ0v) is 11.0. The van der Waals surface area contributed by atoms with Crippen LogP contribution in [0.3, 0.4) is 0 Å². The van der Waals surface area contributed by atoms with Crippen molar-refractivity contribution >= 4 is 5.91 Å². The number of nitriles is 1. The van der Waals surface area contributed by atoms with Crippen LogP contribution in [0.15, 0.2) is 18.2 Å². The summed E-state index contributed by atoms with van der Waals surface area (Å²) in [6, 6.07) is 5.17. The number of amides is 1. The number of nitrogens with zero attached hydrogens (tertiary/aromatic N) is 1. The highest BCUT2D eigenvalue weighted by Crippen LogP contribution is 2.29. The fourth-order valence-corrected chi connectivity index (χ4v) is 1.47. The van der Waals surface area contributed by atoms with Crippen LogP contribution < -0.4 is 14.8 Å². The van der Waals surface area contributed by atoms with Gasteiger partial charge in [0.2, 0.25) is 0 Å². The molecule has 0 radical (unpaired) electrons. The average molecular weight is 284 g/mol. The number of nitrogens with one attached hydrogen (secondary N) is 1. The molecule has 0 fully saturated rings. The second kappa shape index (κ2) is 7.28. The Balaban J connectivity index is 2.96. The molecule has 0 bridgehead atoms. The van der Waals surface area contributed by atoms with Crippen molar-refractivity contribution in [2.24, 2.45) is 0 Å². The Labute approximate surface area is 115 Å². The van der Waals surface area contributed by atoms with Crippen molar-refractivity contribution in [3.8, 4) is 17.6 Å². The first-order valence-corrected chi connectivity index (χ1v) is 5.85. The molecule has 1 aromatic carbocycles. The van der Waals surface area contributed by atoms with Gasteiger partial charge in [0.25, 0.3) is 5.91 Å². The van der Waals surface area contributed by atoms with Gasteiger partial charge in [-0.1, -0.05) is 6.92 Å². The Hall–Kier alpha value is -2.36. The minimum absolute atomic E-state index is 0.0918.